The van der Waals surface area contributed by atoms with Gasteiger partial charge in [0.15, 0.2) is 0 Å². The van der Waals surface area contributed by atoms with Gasteiger partial charge in [-0.2, -0.15) is 0 Å². The molecule has 2 heterocycles. The van der Waals surface area contributed by atoms with E-state index >= 15 is 0 Å². The summed E-state index contributed by atoms with van der Waals surface area (Å²) in [7, 11) is 4.73. The lowest BCUT2D eigenvalue weighted by Gasteiger charge is -2.44. The molecule has 2 bridgehead atoms. The Morgan fingerprint density at radius 2 is 1.22 bits per heavy atom. The van der Waals surface area contributed by atoms with Crippen molar-refractivity contribution in [2.24, 2.45) is 5.92 Å². The molecule has 2 aliphatic heterocycles. The fraction of sp³-hybridized carbons (Fsp3) is 0.391. The second-order valence-corrected chi connectivity index (χ2v) is 8.34. The molecule has 0 saturated carbocycles. The number of nitrogens with zero attached hydrogens (tertiary/aromatic N) is 1. The monoisotopic (exact) mass is 481 g/mol. The number of benzene rings is 2. The Morgan fingerprint density at radius 3 is 1.63 bits per heavy atom. The third kappa shape index (κ3) is 4.11. The van der Waals surface area contributed by atoms with Gasteiger partial charge in [0.05, 0.1) is 26.2 Å². The Morgan fingerprint density at radius 1 is 0.815 bits per heavy atom. The van der Waals surface area contributed by atoms with E-state index in [0.717, 1.165) is 33.3 Å². The Labute approximate surface area is 177 Å². The van der Waals surface area contributed by atoms with Gasteiger partial charge in [-0.05, 0) is 46.9 Å². The maximum absolute atomic E-state index is 13.4. The third-order valence-electron chi connectivity index (χ3n) is 6.58. The molecule has 0 amide bonds. The minimum Gasteiger partial charge on any atom is -1.00 e. The van der Waals surface area contributed by atoms with Crippen LogP contribution in [0.1, 0.15) is 36.8 Å². The topological polar surface area (TPSA) is 0 Å². The highest BCUT2D eigenvalue weighted by Gasteiger charge is 2.48. The Hall–Kier alpha value is -1.27. The second-order valence-electron chi connectivity index (χ2n) is 8.34. The average molecular weight is 481 g/mol. The number of piperidine rings is 1. The number of quaternary nitrogens is 1. The van der Waals surface area contributed by atoms with Gasteiger partial charge < -0.3 is 28.5 Å². The number of fused-ring (bicyclic) bond motifs is 2. The van der Waals surface area contributed by atoms with E-state index in [0.29, 0.717) is 5.92 Å². The van der Waals surface area contributed by atoms with Crippen molar-refractivity contribution in [1.29, 1.82) is 0 Å². The van der Waals surface area contributed by atoms with Crippen molar-refractivity contribution in [3.05, 3.63) is 77.4 Å². The van der Waals surface area contributed by atoms with Crippen LogP contribution in [0.4, 0.5) is 8.78 Å². The van der Waals surface area contributed by atoms with Crippen molar-refractivity contribution in [1.82, 2.24) is 0 Å². The van der Waals surface area contributed by atoms with Crippen LogP contribution in [0.5, 0.6) is 0 Å². The molecule has 4 rings (SSSR count). The fourth-order valence-electron chi connectivity index (χ4n) is 4.91. The predicted molar refractivity (Wildman–Crippen MR) is 102 cm³/mol. The summed E-state index contributed by atoms with van der Waals surface area (Å²) in [6, 6.07) is 14.7. The lowest BCUT2D eigenvalue weighted by atomic mass is 9.85. The van der Waals surface area contributed by atoms with Crippen molar-refractivity contribution in [3.8, 4) is 0 Å². The maximum atomic E-state index is 13.4. The maximum Gasteiger partial charge on any atom is 0.123 e. The minimum absolute atomic E-state index is 0. The van der Waals surface area contributed by atoms with Crippen LogP contribution in [0.2, 0.25) is 0 Å². The van der Waals surface area contributed by atoms with Gasteiger partial charge >= 0.3 is 0 Å². The zero-order chi connectivity index (χ0) is 18.3. The summed E-state index contributed by atoms with van der Waals surface area (Å²) in [4.78, 5) is 0. The first kappa shape index (κ1) is 20.5. The molecular formula is C23H26F2IN. The normalized spacial score (nSPS) is 25.6. The van der Waals surface area contributed by atoms with Crippen molar-refractivity contribution >= 4 is 5.57 Å². The van der Waals surface area contributed by atoms with Crippen LogP contribution in [-0.2, 0) is 0 Å². The first-order chi connectivity index (χ1) is 12.4. The minimum atomic E-state index is -0.234. The van der Waals surface area contributed by atoms with E-state index in [1.807, 2.05) is 24.3 Å². The molecule has 2 aromatic carbocycles. The van der Waals surface area contributed by atoms with Gasteiger partial charge in [0.25, 0.3) is 0 Å². The summed E-state index contributed by atoms with van der Waals surface area (Å²) in [5.41, 5.74) is 3.07. The summed E-state index contributed by atoms with van der Waals surface area (Å²) < 4.78 is 27.9. The van der Waals surface area contributed by atoms with Crippen LogP contribution in [-0.4, -0.2) is 30.7 Å². The van der Waals surface area contributed by atoms with Gasteiger partial charge in [-0.3, -0.25) is 0 Å². The Bertz CT molecular complexity index is 748. The van der Waals surface area contributed by atoms with E-state index in [2.05, 4.69) is 20.2 Å². The van der Waals surface area contributed by atoms with Crippen LogP contribution in [0, 0.1) is 17.6 Å². The molecule has 0 aliphatic carbocycles. The molecule has 0 spiro atoms. The molecule has 2 aliphatic rings. The van der Waals surface area contributed by atoms with Gasteiger partial charge in [0, 0.05) is 25.7 Å². The molecule has 0 radical (unpaired) electrons. The largest absolute Gasteiger partial charge is 1.00 e. The van der Waals surface area contributed by atoms with Crippen LogP contribution in [0.15, 0.2) is 54.6 Å². The van der Waals surface area contributed by atoms with E-state index in [1.165, 1.54) is 49.9 Å². The lowest BCUT2D eigenvalue weighted by Crippen LogP contribution is -3.00. The van der Waals surface area contributed by atoms with Crippen molar-refractivity contribution < 1.29 is 37.2 Å². The molecule has 1 nitrogen and oxygen atoms in total. The Balaban J connectivity index is 0.00000210. The zero-order valence-electron chi connectivity index (χ0n) is 15.8. The van der Waals surface area contributed by atoms with E-state index in [9.17, 15) is 8.78 Å². The molecule has 2 aromatic rings. The summed E-state index contributed by atoms with van der Waals surface area (Å²) >= 11 is 0. The lowest BCUT2D eigenvalue weighted by molar-refractivity contribution is -0.931. The highest BCUT2D eigenvalue weighted by molar-refractivity contribution is 5.79. The number of halogens is 3. The summed E-state index contributed by atoms with van der Waals surface area (Å²) in [6.45, 7) is 0. The number of rotatable bonds is 3. The van der Waals surface area contributed by atoms with Crippen LogP contribution in [0.25, 0.3) is 5.57 Å². The van der Waals surface area contributed by atoms with E-state index in [-0.39, 0.29) is 35.6 Å². The second kappa shape index (κ2) is 8.00. The molecule has 2 saturated heterocycles. The zero-order valence-corrected chi connectivity index (χ0v) is 18.0. The first-order valence-electron chi connectivity index (χ1n) is 9.50. The summed E-state index contributed by atoms with van der Waals surface area (Å²) in [6.07, 6.45) is 7.35. The molecule has 2 unspecified atom stereocenters. The standard InChI is InChI=1S/C23H26F2N.HI/c1-26(2)21-11-12-22(26)14-16(13-21)15-23(17-3-7-19(24)8-4-17)18-5-9-20(25)10-6-18;/h3-10,15-16,21-22H,11-14H2,1-2H3;1H/q+1;/p-1. The molecule has 0 aromatic heterocycles. The van der Waals surface area contributed by atoms with Gasteiger partial charge in [0.2, 0.25) is 0 Å². The fourth-order valence-corrected chi connectivity index (χ4v) is 4.91. The molecular weight excluding hydrogens is 455 g/mol. The van der Waals surface area contributed by atoms with Crippen molar-refractivity contribution in [2.45, 2.75) is 37.8 Å². The molecule has 2 fully saturated rings. The van der Waals surface area contributed by atoms with E-state index < -0.39 is 0 Å². The number of hydrogen-bond donors (Lipinski definition) is 0. The quantitative estimate of drug-likeness (QED) is 0.467. The van der Waals surface area contributed by atoms with Crippen LogP contribution in [0.3, 0.4) is 0 Å². The molecule has 4 heteroatoms. The van der Waals surface area contributed by atoms with Gasteiger partial charge in [-0.15, -0.1) is 0 Å². The molecule has 144 valence electrons. The number of allylic oxidation sites excluding steroid dienone is 1. The van der Waals surface area contributed by atoms with Gasteiger partial charge in [0.1, 0.15) is 11.6 Å². The highest BCUT2D eigenvalue weighted by Crippen LogP contribution is 2.43. The average Bonchev–Trinajstić information content (AvgIpc) is 2.78. The molecule has 0 N–H and O–H groups in total. The predicted octanol–water partition coefficient (Wildman–Crippen LogP) is 2.42. The first-order valence-corrected chi connectivity index (χ1v) is 9.50. The Kier molecular flexibility index (Phi) is 6.06. The third-order valence-corrected chi connectivity index (χ3v) is 6.58. The van der Waals surface area contributed by atoms with Gasteiger partial charge in [-0.25, -0.2) is 8.78 Å². The summed E-state index contributed by atoms with van der Waals surface area (Å²) in [5, 5.41) is 0. The molecule has 2 atom stereocenters. The summed E-state index contributed by atoms with van der Waals surface area (Å²) in [5.74, 6) is 0.0488. The van der Waals surface area contributed by atoms with Crippen LogP contribution >= 0.6 is 0 Å². The smallest absolute Gasteiger partial charge is 0.123 e. The van der Waals surface area contributed by atoms with Crippen LogP contribution < -0.4 is 24.0 Å². The number of hydrogen-bond acceptors (Lipinski definition) is 0. The van der Waals surface area contributed by atoms with Gasteiger partial charge in [-0.1, -0.05) is 30.3 Å². The SMILES string of the molecule is C[N+]1(C)C2CCC1CC(C=C(c1ccc(F)cc1)c1ccc(F)cc1)C2.[I-]. The van der Waals surface area contributed by atoms with Crippen molar-refractivity contribution in [3.63, 3.8) is 0 Å². The highest BCUT2D eigenvalue weighted by atomic mass is 127. The van der Waals surface area contributed by atoms with Crippen molar-refractivity contribution in [2.75, 3.05) is 14.1 Å². The molecule has 27 heavy (non-hydrogen) atoms. The van der Waals surface area contributed by atoms with E-state index in [4.69, 9.17) is 0 Å². The van der Waals surface area contributed by atoms with E-state index in [1.54, 1.807) is 0 Å².